The first-order chi connectivity index (χ1) is 25.6. The van der Waals surface area contributed by atoms with Gasteiger partial charge in [0.2, 0.25) is 5.91 Å². The van der Waals surface area contributed by atoms with Gasteiger partial charge in [0.05, 0.1) is 5.92 Å². The van der Waals surface area contributed by atoms with E-state index >= 15 is 4.79 Å². The molecule has 54 heavy (non-hydrogen) atoms. The zero-order chi connectivity index (χ0) is 38.8. The molecule has 1 saturated heterocycles. The van der Waals surface area contributed by atoms with Crippen molar-refractivity contribution in [1.29, 1.82) is 0 Å². The molecule has 290 valence electrons. The van der Waals surface area contributed by atoms with E-state index in [4.69, 9.17) is 9.47 Å². The van der Waals surface area contributed by atoms with Crippen molar-refractivity contribution < 1.29 is 23.9 Å². The standard InChI is InChI=1S/C45H61N3O5Si/c1-44(2,3)53-43(50)47-28-35(27-45(4,5)54(7,8)51)41(34-19-14-18-33(26-34)32-16-10-9-11-17-32)39(31-47)42(49)48(37-22-23-37)30-36-29-46(24-15-25-52-6)40-21-13-12-20-38(36)40/h9-14,16-21,26,29,35,37,39,41,51H,15,22-25,27-28,30-31H2,1-8H3/t35-,39+,41+/m1/s1. The third kappa shape index (κ3) is 9.12. The fourth-order valence-corrected chi connectivity index (χ4v) is 8.96. The molecule has 6 rings (SSSR count). The van der Waals surface area contributed by atoms with Gasteiger partial charge >= 0.3 is 6.09 Å². The van der Waals surface area contributed by atoms with Gasteiger partial charge in [-0.15, -0.1) is 0 Å². The number of ether oxygens (including phenoxy) is 2. The number of piperidine rings is 1. The van der Waals surface area contributed by atoms with Crippen LogP contribution >= 0.6 is 0 Å². The van der Waals surface area contributed by atoms with Gasteiger partial charge in [0.25, 0.3) is 0 Å². The number of likely N-dealkylation sites (tertiary alicyclic amines) is 1. The number of methoxy groups -OCH3 is 1. The predicted molar refractivity (Wildman–Crippen MR) is 220 cm³/mol. The summed E-state index contributed by atoms with van der Waals surface area (Å²) in [6.07, 6.45) is 5.33. The zero-order valence-corrected chi connectivity index (χ0v) is 34.7. The second-order valence-electron chi connectivity index (χ2n) is 17.8. The monoisotopic (exact) mass is 751 g/mol. The molecule has 0 unspecified atom stereocenters. The second-order valence-corrected chi connectivity index (χ2v) is 22.3. The molecule has 1 N–H and O–H groups in total. The highest BCUT2D eigenvalue weighted by Gasteiger charge is 2.50. The number of carbonyl (C=O) groups excluding carboxylic acids is 2. The summed E-state index contributed by atoms with van der Waals surface area (Å²) in [5.41, 5.74) is 4.94. The Hall–Kier alpha value is -3.92. The first-order valence-electron chi connectivity index (χ1n) is 19.8. The van der Waals surface area contributed by atoms with Crippen molar-refractivity contribution in [3.05, 3.63) is 96.2 Å². The Bertz CT molecular complexity index is 1910. The quantitative estimate of drug-likeness (QED) is 0.109. The summed E-state index contributed by atoms with van der Waals surface area (Å²) in [5.74, 6) is -0.686. The smallest absolute Gasteiger partial charge is 0.410 e. The number of rotatable bonds is 13. The summed E-state index contributed by atoms with van der Waals surface area (Å²) in [7, 11) is -0.924. The minimum Gasteiger partial charge on any atom is -0.444 e. The number of aromatic nitrogens is 1. The van der Waals surface area contributed by atoms with Crippen LogP contribution in [0.3, 0.4) is 0 Å². The fraction of sp³-hybridized carbons (Fsp3) is 0.511. The first-order valence-corrected chi connectivity index (χ1v) is 22.7. The van der Waals surface area contributed by atoms with E-state index in [2.05, 4.69) is 102 Å². The molecule has 0 bridgehead atoms. The fourth-order valence-electron chi connectivity index (χ4n) is 8.20. The largest absolute Gasteiger partial charge is 0.444 e. The van der Waals surface area contributed by atoms with Gasteiger partial charge in [-0.3, -0.25) is 4.79 Å². The lowest BCUT2D eigenvalue weighted by atomic mass is 9.70. The molecule has 1 aromatic heterocycles. The predicted octanol–water partition coefficient (Wildman–Crippen LogP) is 9.47. The molecule has 1 saturated carbocycles. The molecule has 0 radical (unpaired) electrons. The summed E-state index contributed by atoms with van der Waals surface area (Å²) < 4.78 is 13.6. The van der Waals surface area contributed by atoms with E-state index in [-0.39, 0.29) is 35.4 Å². The lowest BCUT2D eigenvalue weighted by Crippen LogP contribution is -2.55. The van der Waals surface area contributed by atoms with Crippen molar-refractivity contribution >= 4 is 31.2 Å². The Labute approximate surface area is 323 Å². The molecule has 3 aromatic carbocycles. The Morgan fingerprint density at radius 2 is 1.59 bits per heavy atom. The normalized spacial score (nSPS) is 19.6. The van der Waals surface area contributed by atoms with E-state index in [0.717, 1.165) is 59.0 Å². The van der Waals surface area contributed by atoms with Crippen LogP contribution in [0.1, 0.15) is 77.3 Å². The molecule has 1 aliphatic heterocycles. The summed E-state index contributed by atoms with van der Waals surface area (Å²) in [6, 6.07) is 27.6. The third-order valence-corrected chi connectivity index (χ3v) is 15.3. The van der Waals surface area contributed by atoms with Gasteiger partial charge in [-0.2, -0.15) is 0 Å². The van der Waals surface area contributed by atoms with Crippen molar-refractivity contribution in [3.8, 4) is 11.1 Å². The van der Waals surface area contributed by atoms with Gasteiger partial charge < -0.3 is 28.6 Å². The topological polar surface area (TPSA) is 84.2 Å². The van der Waals surface area contributed by atoms with Crippen LogP contribution in [-0.2, 0) is 27.4 Å². The molecule has 2 aliphatic rings. The van der Waals surface area contributed by atoms with Crippen LogP contribution in [0, 0.1) is 11.8 Å². The molecule has 1 aliphatic carbocycles. The Morgan fingerprint density at radius 3 is 2.26 bits per heavy atom. The maximum atomic E-state index is 15.5. The summed E-state index contributed by atoms with van der Waals surface area (Å²) in [4.78, 5) is 45.0. The Balaban J connectivity index is 1.44. The van der Waals surface area contributed by atoms with Crippen LogP contribution in [0.2, 0.25) is 18.1 Å². The Morgan fingerprint density at radius 1 is 0.907 bits per heavy atom. The van der Waals surface area contributed by atoms with Gasteiger partial charge in [-0.1, -0.05) is 86.6 Å². The van der Waals surface area contributed by atoms with E-state index < -0.39 is 25.9 Å². The molecule has 2 heterocycles. The van der Waals surface area contributed by atoms with Gasteiger partial charge in [0.1, 0.15) is 5.60 Å². The number of fused-ring (bicyclic) bond motifs is 1. The van der Waals surface area contributed by atoms with E-state index in [9.17, 15) is 9.59 Å². The number of benzene rings is 3. The van der Waals surface area contributed by atoms with Crippen LogP contribution < -0.4 is 0 Å². The lowest BCUT2D eigenvalue weighted by Gasteiger charge is -2.48. The molecule has 4 aromatic rings. The van der Waals surface area contributed by atoms with Crippen molar-refractivity contribution in [2.45, 2.75) is 109 Å². The van der Waals surface area contributed by atoms with E-state index in [0.29, 0.717) is 26.1 Å². The molecule has 8 nitrogen and oxygen atoms in total. The first kappa shape index (κ1) is 39.8. The van der Waals surface area contributed by atoms with Gasteiger partial charge in [-0.05, 0) is 98.8 Å². The number of nitrogens with zero attached hydrogens (tertiary/aromatic N) is 3. The van der Waals surface area contributed by atoms with Gasteiger partial charge in [0, 0.05) is 69.0 Å². The number of hydrogen-bond donors (Lipinski definition) is 1. The average Bonchev–Trinajstić information content (AvgIpc) is 3.91. The number of carbonyl (C=O) groups is 2. The maximum Gasteiger partial charge on any atom is 0.410 e. The number of aryl methyl sites for hydroxylation is 1. The SMILES string of the molecule is COCCCn1cc(CN(C(=O)[C@H]2CN(C(=O)OC(C)(C)C)C[C@@H](CC(C)(C)[Si](C)(C)O)[C@@H]2c2cccc(-c3ccccc3)c2)C2CC2)c2ccccc21. The van der Waals surface area contributed by atoms with Crippen molar-refractivity contribution in [1.82, 2.24) is 14.4 Å². The number of hydrogen-bond acceptors (Lipinski definition) is 5. The van der Waals surface area contributed by atoms with Crippen LogP contribution in [-0.4, -0.2) is 77.9 Å². The number of amides is 2. The molecular formula is C45H61N3O5Si. The number of para-hydroxylation sites is 1. The van der Waals surface area contributed by atoms with Crippen molar-refractivity contribution in [3.63, 3.8) is 0 Å². The molecule has 2 amide bonds. The van der Waals surface area contributed by atoms with E-state index in [1.54, 1.807) is 12.0 Å². The summed E-state index contributed by atoms with van der Waals surface area (Å²) in [6.45, 7) is 16.7. The zero-order valence-electron chi connectivity index (χ0n) is 33.7. The molecule has 0 spiro atoms. The van der Waals surface area contributed by atoms with Crippen LogP contribution in [0.5, 0.6) is 0 Å². The maximum absolute atomic E-state index is 15.5. The van der Waals surface area contributed by atoms with Gasteiger partial charge in [-0.25, -0.2) is 4.79 Å². The van der Waals surface area contributed by atoms with Gasteiger partial charge in [0.15, 0.2) is 8.32 Å². The van der Waals surface area contributed by atoms with Crippen molar-refractivity contribution in [2.24, 2.45) is 11.8 Å². The van der Waals surface area contributed by atoms with Crippen molar-refractivity contribution in [2.75, 3.05) is 26.8 Å². The van der Waals surface area contributed by atoms with E-state index in [1.807, 2.05) is 39.9 Å². The highest BCUT2D eigenvalue weighted by molar-refractivity contribution is 6.72. The highest BCUT2D eigenvalue weighted by Crippen LogP contribution is 2.50. The summed E-state index contributed by atoms with van der Waals surface area (Å²) >= 11 is 0. The van der Waals surface area contributed by atoms with E-state index in [1.165, 1.54) is 0 Å². The lowest BCUT2D eigenvalue weighted by molar-refractivity contribution is -0.140. The highest BCUT2D eigenvalue weighted by atomic mass is 28.4. The molecule has 3 atom stereocenters. The molecular weight excluding hydrogens is 691 g/mol. The average molecular weight is 752 g/mol. The third-order valence-electron chi connectivity index (χ3n) is 11.8. The minimum absolute atomic E-state index is 0.0837. The Kier molecular flexibility index (Phi) is 11.8. The second kappa shape index (κ2) is 16.0. The molecule has 9 heteroatoms. The summed E-state index contributed by atoms with van der Waals surface area (Å²) in [5, 5.41) is 0.785. The van der Waals surface area contributed by atoms with Crippen LogP contribution in [0.25, 0.3) is 22.0 Å². The molecule has 2 fully saturated rings. The minimum atomic E-state index is -2.66. The van der Waals surface area contributed by atoms with Crippen LogP contribution in [0.4, 0.5) is 4.79 Å². The van der Waals surface area contributed by atoms with Crippen LogP contribution in [0.15, 0.2) is 85.1 Å².